The van der Waals surface area contributed by atoms with Gasteiger partial charge in [-0.3, -0.25) is 9.78 Å². The topological polar surface area (TPSA) is 64.4 Å². The molecule has 0 atom stereocenters. The molecule has 5 nitrogen and oxygen atoms in total. The van der Waals surface area contributed by atoms with Gasteiger partial charge >= 0.3 is 0 Å². The number of carbonyl (C=O) groups excluding carboxylic acids is 1. The molecule has 0 aliphatic heterocycles. The Kier molecular flexibility index (Phi) is 3.39. The number of para-hydroxylation sites is 1. The maximum atomic E-state index is 12.5. The van der Waals surface area contributed by atoms with E-state index >= 15 is 0 Å². The van der Waals surface area contributed by atoms with Gasteiger partial charge in [0.25, 0.3) is 5.91 Å². The summed E-state index contributed by atoms with van der Waals surface area (Å²) in [5, 5.41) is 4.70. The monoisotopic (exact) mass is 318 g/mol. The smallest absolute Gasteiger partial charge is 0.255 e. The number of methoxy groups -OCH3 is 1. The van der Waals surface area contributed by atoms with E-state index in [-0.39, 0.29) is 5.91 Å². The van der Waals surface area contributed by atoms with Gasteiger partial charge in [0.2, 0.25) is 0 Å². The summed E-state index contributed by atoms with van der Waals surface area (Å²) in [5.41, 5.74) is 2.59. The molecule has 0 aliphatic rings. The number of fused-ring (bicyclic) bond motifs is 3. The Morgan fingerprint density at radius 2 is 1.88 bits per heavy atom. The highest BCUT2D eigenvalue weighted by molar-refractivity contribution is 6.17. The number of ether oxygens (including phenoxy) is 1. The molecule has 0 fully saturated rings. The summed E-state index contributed by atoms with van der Waals surface area (Å²) >= 11 is 0. The number of rotatable bonds is 3. The van der Waals surface area contributed by atoms with Crippen molar-refractivity contribution >= 4 is 33.5 Å². The average molecular weight is 318 g/mol. The van der Waals surface area contributed by atoms with E-state index < -0.39 is 0 Å². The van der Waals surface area contributed by atoms with Crippen LogP contribution in [0.2, 0.25) is 0 Å². The summed E-state index contributed by atoms with van der Waals surface area (Å²) in [6.07, 6.45) is 3.18. The van der Waals surface area contributed by atoms with Crippen molar-refractivity contribution in [1.82, 2.24) is 4.98 Å². The van der Waals surface area contributed by atoms with Crippen molar-refractivity contribution in [1.29, 1.82) is 0 Å². The van der Waals surface area contributed by atoms with Gasteiger partial charge < -0.3 is 14.5 Å². The first kappa shape index (κ1) is 14.3. The molecule has 0 unspecified atom stereocenters. The molecule has 2 aromatic carbocycles. The van der Waals surface area contributed by atoms with E-state index in [1.165, 1.54) is 0 Å². The molecule has 2 heterocycles. The van der Waals surface area contributed by atoms with E-state index in [9.17, 15) is 4.79 Å². The summed E-state index contributed by atoms with van der Waals surface area (Å²) in [4.78, 5) is 16.4. The largest absolute Gasteiger partial charge is 0.493 e. The summed E-state index contributed by atoms with van der Waals surface area (Å²) in [6.45, 7) is 0. The summed E-state index contributed by atoms with van der Waals surface area (Å²) < 4.78 is 11.3. The van der Waals surface area contributed by atoms with Gasteiger partial charge in [0.05, 0.1) is 18.2 Å². The van der Waals surface area contributed by atoms with E-state index in [1.807, 2.05) is 30.3 Å². The zero-order valence-corrected chi connectivity index (χ0v) is 12.9. The van der Waals surface area contributed by atoms with Gasteiger partial charge in [0.1, 0.15) is 5.58 Å². The van der Waals surface area contributed by atoms with Crippen LogP contribution < -0.4 is 10.1 Å². The highest BCUT2D eigenvalue weighted by Crippen LogP contribution is 2.39. The number of amides is 1. The van der Waals surface area contributed by atoms with Crippen molar-refractivity contribution in [3.8, 4) is 5.75 Å². The number of nitrogens with one attached hydrogen (secondary N) is 1. The number of anilines is 1. The highest BCUT2D eigenvalue weighted by atomic mass is 16.5. The molecule has 2 aromatic heterocycles. The van der Waals surface area contributed by atoms with Crippen LogP contribution >= 0.6 is 0 Å². The molecule has 0 saturated heterocycles. The second kappa shape index (κ2) is 5.70. The third-order valence-electron chi connectivity index (χ3n) is 3.90. The number of hydrogen-bond acceptors (Lipinski definition) is 4. The van der Waals surface area contributed by atoms with Gasteiger partial charge in [-0.05, 0) is 30.3 Å². The Morgan fingerprint density at radius 3 is 2.67 bits per heavy atom. The van der Waals surface area contributed by atoms with Gasteiger partial charge in [0.15, 0.2) is 11.3 Å². The molecule has 0 saturated carbocycles. The van der Waals surface area contributed by atoms with E-state index in [2.05, 4.69) is 10.3 Å². The quantitative estimate of drug-likeness (QED) is 0.613. The van der Waals surface area contributed by atoms with Crippen molar-refractivity contribution in [2.24, 2.45) is 0 Å². The fraction of sp³-hybridized carbons (Fsp3) is 0.0526. The second-order valence-electron chi connectivity index (χ2n) is 5.31. The Balaban J connectivity index is 1.88. The van der Waals surface area contributed by atoms with Crippen LogP contribution in [-0.4, -0.2) is 18.0 Å². The maximum absolute atomic E-state index is 12.5. The Labute approximate surface area is 137 Å². The van der Waals surface area contributed by atoms with Crippen molar-refractivity contribution in [2.45, 2.75) is 0 Å². The van der Waals surface area contributed by atoms with Crippen LogP contribution in [0.3, 0.4) is 0 Å². The standard InChI is InChI=1S/C19H14N2O3/c1-23-16-7-6-14(21-19(22)12-8-10-20-11-9-12)17-13-4-2-3-5-15(13)24-18(16)17/h2-11H,1H3,(H,21,22). The van der Waals surface area contributed by atoms with Crippen LogP contribution in [0.15, 0.2) is 65.3 Å². The van der Waals surface area contributed by atoms with E-state index in [1.54, 1.807) is 37.7 Å². The first-order chi connectivity index (χ1) is 11.8. The molecule has 0 bridgehead atoms. The SMILES string of the molecule is COc1ccc(NC(=O)c2ccncc2)c2c1oc1ccccc12. The van der Waals surface area contributed by atoms with Crippen molar-refractivity contribution < 1.29 is 13.9 Å². The van der Waals surface area contributed by atoms with Crippen LogP contribution in [0, 0.1) is 0 Å². The van der Waals surface area contributed by atoms with Crippen LogP contribution in [0.4, 0.5) is 5.69 Å². The normalized spacial score (nSPS) is 10.9. The van der Waals surface area contributed by atoms with Gasteiger partial charge in [-0.1, -0.05) is 18.2 Å². The van der Waals surface area contributed by atoms with Crippen LogP contribution in [0.25, 0.3) is 21.9 Å². The lowest BCUT2D eigenvalue weighted by Gasteiger charge is -2.08. The average Bonchev–Trinajstić information content (AvgIpc) is 3.02. The third-order valence-corrected chi connectivity index (χ3v) is 3.90. The molecule has 5 heteroatoms. The van der Waals surface area contributed by atoms with Gasteiger partial charge in [-0.25, -0.2) is 0 Å². The fourth-order valence-electron chi connectivity index (χ4n) is 2.77. The highest BCUT2D eigenvalue weighted by Gasteiger charge is 2.17. The first-order valence-electron chi connectivity index (χ1n) is 7.47. The molecule has 0 radical (unpaired) electrons. The van der Waals surface area contributed by atoms with Crippen molar-refractivity contribution in [2.75, 3.05) is 12.4 Å². The summed E-state index contributed by atoms with van der Waals surface area (Å²) in [5.74, 6) is 0.428. The number of pyridine rings is 1. The molecule has 1 amide bonds. The lowest BCUT2D eigenvalue weighted by molar-refractivity contribution is 0.102. The van der Waals surface area contributed by atoms with Crippen molar-refractivity contribution in [3.05, 3.63) is 66.5 Å². The minimum absolute atomic E-state index is 0.200. The van der Waals surface area contributed by atoms with E-state index in [0.717, 1.165) is 16.4 Å². The van der Waals surface area contributed by atoms with Gasteiger partial charge in [-0.15, -0.1) is 0 Å². The number of nitrogens with zero attached hydrogens (tertiary/aromatic N) is 1. The summed E-state index contributed by atoms with van der Waals surface area (Å²) in [6, 6.07) is 14.6. The molecular weight excluding hydrogens is 304 g/mol. The Hall–Kier alpha value is -3.34. The van der Waals surface area contributed by atoms with Gasteiger partial charge in [-0.2, -0.15) is 0 Å². The Morgan fingerprint density at radius 1 is 1.08 bits per heavy atom. The molecule has 0 spiro atoms. The predicted molar refractivity (Wildman–Crippen MR) is 92.5 cm³/mol. The van der Waals surface area contributed by atoms with Crippen LogP contribution in [-0.2, 0) is 0 Å². The molecule has 0 aliphatic carbocycles. The lowest BCUT2D eigenvalue weighted by Crippen LogP contribution is -2.12. The summed E-state index contributed by atoms with van der Waals surface area (Å²) in [7, 11) is 1.59. The van der Waals surface area contributed by atoms with E-state index in [4.69, 9.17) is 9.15 Å². The number of benzene rings is 2. The Bertz CT molecular complexity index is 1040. The predicted octanol–water partition coefficient (Wildman–Crippen LogP) is 4.24. The second-order valence-corrected chi connectivity index (χ2v) is 5.31. The van der Waals surface area contributed by atoms with Crippen LogP contribution in [0.5, 0.6) is 5.75 Å². The van der Waals surface area contributed by atoms with Crippen LogP contribution in [0.1, 0.15) is 10.4 Å². The minimum atomic E-state index is -0.200. The fourth-order valence-corrected chi connectivity index (χ4v) is 2.77. The molecule has 1 N–H and O–H groups in total. The number of hydrogen-bond donors (Lipinski definition) is 1. The molecular formula is C19H14N2O3. The molecule has 24 heavy (non-hydrogen) atoms. The lowest BCUT2D eigenvalue weighted by atomic mass is 10.1. The number of furan rings is 1. The van der Waals surface area contributed by atoms with E-state index in [0.29, 0.717) is 22.6 Å². The minimum Gasteiger partial charge on any atom is -0.493 e. The number of carbonyl (C=O) groups is 1. The maximum Gasteiger partial charge on any atom is 0.255 e. The zero-order valence-electron chi connectivity index (χ0n) is 12.9. The third kappa shape index (κ3) is 2.27. The molecule has 4 aromatic rings. The van der Waals surface area contributed by atoms with Gasteiger partial charge in [0, 0.05) is 23.3 Å². The number of aromatic nitrogens is 1. The van der Waals surface area contributed by atoms with Crippen molar-refractivity contribution in [3.63, 3.8) is 0 Å². The first-order valence-corrected chi connectivity index (χ1v) is 7.47. The zero-order chi connectivity index (χ0) is 16.5. The molecule has 4 rings (SSSR count). The molecule has 118 valence electrons.